The van der Waals surface area contributed by atoms with Crippen molar-refractivity contribution in [3.05, 3.63) is 24.3 Å². The Labute approximate surface area is 120 Å². The van der Waals surface area contributed by atoms with E-state index >= 15 is 0 Å². The van der Waals surface area contributed by atoms with Crippen LogP contribution in [0.15, 0.2) is 24.3 Å². The molecular formula is C12H19IMgOSi. The first-order valence-electron chi connectivity index (χ1n) is 5.60. The van der Waals surface area contributed by atoms with Crippen molar-refractivity contribution in [1.82, 2.24) is 0 Å². The Morgan fingerprint density at radius 3 is 2.38 bits per heavy atom. The molecule has 1 rings (SSSR count). The summed E-state index contributed by atoms with van der Waals surface area (Å²) >= 11 is 2.41. The van der Waals surface area contributed by atoms with Crippen LogP contribution in [-0.2, 0) is 0 Å². The second kappa shape index (κ2) is 5.58. The summed E-state index contributed by atoms with van der Waals surface area (Å²) in [7, 11) is -1.67. The molecule has 0 bridgehead atoms. The third kappa shape index (κ3) is 3.89. The maximum absolute atomic E-state index is 6.27. The van der Waals surface area contributed by atoms with Gasteiger partial charge in [0.15, 0.2) is 0 Å². The van der Waals surface area contributed by atoms with Gasteiger partial charge >= 0.3 is 16.5 Å². The predicted molar refractivity (Wildman–Crippen MR) is 83.7 cm³/mol. The molecule has 16 heavy (non-hydrogen) atoms. The fraction of sp³-hybridized carbons (Fsp3) is 0.500. The maximum Gasteiger partial charge on any atom is 0.502 e. The lowest BCUT2D eigenvalue weighted by Gasteiger charge is -2.36. The molecule has 0 aliphatic carbocycles. The van der Waals surface area contributed by atoms with Crippen LogP contribution < -0.4 is 8.12 Å². The van der Waals surface area contributed by atoms with Gasteiger partial charge in [0.2, 0.25) is 8.32 Å². The minimum Gasteiger partial charge on any atom is -0.544 e. The zero-order valence-corrected chi connectivity index (χ0v) is 15.4. The summed E-state index contributed by atoms with van der Waals surface area (Å²) in [4.78, 5) is 0. The molecule has 0 heterocycles. The van der Waals surface area contributed by atoms with Crippen molar-refractivity contribution >= 4 is 47.3 Å². The molecule has 1 aromatic carbocycles. The van der Waals surface area contributed by atoms with Crippen molar-refractivity contribution in [2.45, 2.75) is 38.9 Å². The van der Waals surface area contributed by atoms with Gasteiger partial charge in [0, 0.05) is 0 Å². The van der Waals surface area contributed by atoms with Gasteiger partial charge in [-0.3, -0.25) is 18.9 Å². The molecule has 0 unspecified atom stereocenters. The molecule has 1 nitrogen and oxygen atoms in total. The first kappa shape index (κ1) is 14.8. The van der Waals surface area contributed by atoms with Crippen LogP contribution in [0.4, 0.5) is 0 Å². The standard InChI is InChI=1S/C12H19OSi.HI.Mg/c1-12(2,3)14(4,5)13-11-9-7-6-8-10-11;;/h6-7,9-10H,1-5H3;1H;/q;;+1/p-1. The fourth-order valence-electron chi connectivity index (χ4n) is 1.14. The van der Waals surface area contributed by atoms with E-state index in [1.165, 1.54) is 3.69 Å². The van der Waals surface area contributed by atoms with E-state index in [0.29, 0.717) is 0 Å². The molecule has 0 fully saturated rings. The van der Waals surface area contributed by atoms with Gasteiger partial charge in [0.25, 0.3) is 0 Å². The molecular weight excluding hydrogens is 339 g/mol. The summed E-state index contributed by atoms with van der Waals surface area (Å²) in [5, 5.41) is 0.269. The van der Waals surface area contributed by atoms with E-state index in [0.717, 1.165) is 5.75 Å². The van der Waals surface area contributed by atoms with Gasteiger partial charge in [0.05, 0.1) is 0 Å². The van der Waals surface area contributed by atoms with Gasteiger partial charge in [-0.2, -0.15) is 0 Å². The van der Waals surface area contributed by atoms with Crippen LogP contribution in [0, 0.1) is 0 Å². The molecule has 1 aromatic rings. The van der Waals surface area contributed by atoms with Crippen molar-refractivity contribution in [1.29, 1.82) is 0 Å². The predicted octanol–water partition coefficient (Wildman–Crippen LogP) is 3.75. The van der Waals surface area contributed by atoms with Gasteiger partial charge in [0.1, 0.15) is 5.75 Å². The third-order valence-electron chi connectivity index (χ3n) is 3.23. The van der Waals surface area contributed by atoms with Crippen molar-refractivity contribution in [3.63, 3.8) is 0 Å². The fourth-order valence-corrected chi connectivity index (χ4v) is 4.09. The van der Waals surface area contributed by atoms with Gasteiger partial charge in [-0.1, -0.05) is 32.9 Å². The second-order valence-corrected chi connectivity index (χ2v) is 13.7. The third-order valence-corrected chi connectivity index (χ3v) is 11.0. The van der Waals surface area contributed by atoms with Crippen LogP contribution >= 0.6 is 18.9 Å². The highest BCUT2D eigenvalue weighted by Gasteiger charge is 2.38. The lowest BCUT2D eigenvalue weighted by Crippen LogP contribution is -2.44. The normalized spacial score (nSPS) is 12.1. The average Bonchev–Trinajstić information content (AvgIpc) is 2.15. The largest absolute Gasteiger partial charge is 0.544 e. The van der Waals surface area contributed by atoms with Crippen molar-refractivity contribution < 1.29 is 4.43 Å². The van der Waals surface area contributed by atoms with Gasteiger partial charge in [-0.25, -0.2) is 0 Å². The van der Waals surface area contributed by atoms with E-state index in [1.54, 1.807) is 0 Å². The molecule has 0 aliphatic rings. The summed E-state index contributed by atoms with van der Waals surface area (Å²) in [6, 6.07) is 8.63. The summed E-state index contributed by atoms with van der Waals surface area (Å²) in [5.41, 5.74) is 0. The zero-order valence-electron chi connectivity index (χ0n) is 10.8. The lowest BCUT2D eigenvalue weighted by atomic mass is 10.2. The van der Waals surface area contributed by atoms with Crippen LogP contribution in [0.5, 0.6) is 5.75 Å². The molecule has 0 aliphatic heterocycles. The molecule has 0 spiro atoms. The monoisotopic (exact) mass is 358 g/mol. The van der Waals surface area contributed by atoms with Crippen LogP contribution in [0.1, 0.15) is 20.8 Å². The van der Waals surface area contributed by atoms with E-state index in [-0.39, 0.29) is 21.5 Å². The Hall–Kier alpha value is 0.733. The van der Waals surface area contributed by atoms with Crippen molar-refractivity contribution in [3.8, 4) is 5.75 Å². The van der Waals surface area contributed by atoms with E-state index in [9.17, 15) is 0 Å². The van der Waals surface area contributed by atoms with Gasteiger partial charge < -0.3 is 4.43 Å². The Kier molecular flexibility index (Phi) is 5.16. The Morgan fingerprint density at radius 2 is 1.88 bits per heavy atom. The Morgan fingerprint density at radius 1 is 1.25 bits per heavy atom. The maximum atomic E-state index is 6.27. The van der Waals surface area contributed by atoms with Crippen LogP contribution in [0.25, 0.3) is 0 Å². The lowest BCUT2D eigenvalue weighted by molar-refractivity contribution is 0.492. The molecule has 4 heteroatoms. The topological polar surface area (TPSA) is 9.23 Å². The molecule has 86 valence electrons. The van der Waals surface area contributed by atoms with Crippen molar-refractivity contribution in [2.75, 3.05) is 0 Å². The number of rotatable bonds is 3. The van der Waals surface area contributed by atoms with E-state index in [4.69, 9.17) is 4.43 Å². The minimum atomic E-state index is -1.67. The first-order chi connectivity index (χ1) is 7.26. The molecule has 0 saturated carbocycles. The number of hydrogen-bond donors (Lipinski definition) is 0. The zero-order chi connectivity index (χ0) is 12.4. The Bertz CT molecular complexity index is 360. The van der Waals surface area contributed by atoms with E-state index in [2.05, 4.69) is 77.0 Å². The molecule has 0 atom stereocenters. The second-order valence-electron chi connectivity index (χ2n) is 5.64. The highest BCUT2D eigenvalue weighted by Crippen LogP contribution is 2.37. The summed E-state index contributed by atoms with van der Waals surface area (Å²) in [6.07, 6.45) is 0. The molecule has 0 aromatic heterocycles. The van der Waals surface area contributed by atoms with Gasteiger partial charge in [-0.05, 0) is 30.3 Å². The summed E-state index contributed by atoms with van der Waals surface area (Å²) in [6.45, 7) is 11.4. The molecule has 0 amide bonds. The van der Waals surface area contributed by atoms with Crippen LogP contribution in [0.2, 0.25) is 18.1 Å². The van der Waals surface area contributed by atoms with Crippen LogP contribution in [-0.4, -0.2) is 24.8 Å². The highest BCUT2D eigenvalue weighted by atomic mass is 127. The van der Waals surface area contributed by atoms with E-state index in [1.807, 2.05) is 0 Å². The smallest absolute Gasteiger partial charge is 0.502 e. The SMILES string of the molecule is CC(C)(C)[Si](C)(C)Oc1ccc[c]([Mg][I])c1. The quantitative estimate of drug-likeness (QED) is 0.591. The first-order valence-corrected chi connectivity index (χ1v) is 14.3. The molecule has 0 saturated heterocycles. The average molecular weight is 359 g/mol. The van der Waals surface area contributed by atoms with Gasteiger partial charge in [-0.15, -0.1) is 3.69 Å². The minimum absolute atomic E-state index is 0.112. The molecule has 0 radical (unpaired) electrons. The van der Waals surface area contributed by atoms with Crippen LogP contribution in [0.3, 0.4) is 0 Å². The van der Waals surface area contributed by atoms with E-state index < -0.39 is 8.32 Å². The Balaban J connectivity index is 2.88. The number of halogens is 1. The number of hydrogen-bond acceptors (Lipinski definition) is 1. The van der Waals surface area contributed by atoms with Crippen molar-refractivity contribution in [2.24, 2.45) is 0 Å². The molecule has 0 N–H and O–H groups in total. The summed E-state index contributed by atoms with van der Waals surface area (Å²) < 4.78 is 7.74. The number of benzene rings is 1. The highest BCUT2D eigenvalue weighted by molar-refractivity contribution is 14.1. The summed E-state index contributed by atoms with van der Waals surface area (Å²) in [5.74, 6) is 1.06.